The van der Waals surface area contributed by atoms with E-state index in [-0.39, 0.29) is 12.1 Å². The number of carboxylic acid groups (broad SMARTS) is 1. The molecule has 0 amide bonds. The van der Waals surface area contributed by atoms with Gasteiger partial charge in [0.1, 0.15) is 0 Å². The number of carboxylic acids is 1. The van der Waals surface area contributed by atoms with Crippen LogP contribution in [0.4, 0.5) is 0 Å². The van der Waals surface area contributed by atoms with E-state index in [1.807, 2.05) is 6.07 Å². The van der Waals surface area contributed by atoms with Crippen LogP contribution in [0.2, 0.25) is 5.02 Å². The molecule has 0 aromatic heterocycles. The molecular formula is C12H8BrClN2O2. The lowest BCUT2D eigenvalue weighted by atomic mass is 9.99. The summed E-state index contributed by atoms with van der Waals surface area (Å²) < 4.78 is -1.36. The third kappa shape index (κ3) is 1.98. The van der Waals surface area contributed by atoms with Crippen molar-refractivity contribution in [3.63, 3.8) is 0 Å². The topological polar surface area (TPSA) is 73.1 Å². The van der Waals surface area contributed by atoms with E-state index in [1.165, 1.54) is 0 Å². The first-order chi connectivity index (χ1) is 8.49. The minimum Gasteiger partial charge on any atom is -0.480 e. The molecule has 6 heteroatoms. The van der Waals surface area contributed by atoms with E-state index in [1.54, 1.807) is 24.3 Å². The second-order valence-electron chi connectivity index (χ2n) is 3.83. The van der Waals surface area contributed by atoms with Crippen molar-refractivity contribution in [3.8, 4) is 6.07 Å². The fourth-order valence-electron chi connectivity index (χ4n) is 1.78. The lowest BCUT2D eigenvalue weighted by molar-refractivity contribution is -0.138. The molecule has 0 bridgehead atoms. The maximum Gasteiger partial charge on any atom is 0.327 e. The van der Waals surface area contributed by atoms with Crippen molar-refractivity contribution < 1.29 is 9.90 Å². The molecular weight excluding hydrogens is 320 g/mol. The highest BCUT2D eigenvalue weighted by Crippen LogP contribution is 2.37. The Hall–Kier alpha value is -1.51. The summed E-state index contributed by atoms with van der Waals surface area (Å²) >= 11 is 8.91. The number of nitriles is 1. The summed E-state index contributed by atoms with van der Waals surface area (Å²) in [6, 6.07) is 8.81. The maximum atomic E-state index is 11.2. The molecule has 1 aliphatic heterocycles. The van der Waals surface area contributed by atoms with Crippen molar-refractivity contribution in [1.29, 1.82) is 5.26 Å². The van der Waals surface area contributed by atoms with Gasteiger partial charge in [-0.05, 0) is 17.7 Å². The summed E-state index contributed by atoms with van der Waals surface area (Å²) in [7, 11) is 0. The number of alkyl halides is 1. The number of hydrogen-bond donors (Lipinski definition) is 2. The van der Waals surface area contributed by atoms with Crippen LogP contribution in [0, 0.1) is 11.3 Å². The minimum absolute atomic E-state index is 0.128. The summed E-state index contributed by atoms with van der Waals surface area (Å²) in [6.45, 7) is 0.128. The average molecular weight is 328 g/mol. The van der Waals surface area contributed by atoms with Crippen molar-refractivity contribution in [2.75, 3.05) is 6.54 Å². The molecule has 1 aliphatic rings. The fraction of sp³-hybridized carbons (Fsp3) is 0.167. The molecule has 92 valence electrons. The predicted octanol–water partition coefficient (Wildman–Crippen LogP) is 2.40. The summed E-state index contributed by atoms with van der Waals surface area (Å²) in [5, 5.41) is 21.9. The summed E-state index contributed by atoms with van der Waals surface area (Å²) in [5.74, 6) is -1.09. The van der Waals surface area contributed by atoms with Crippen molar-refractivity contribution in [1.82, 2.24) is 5.32 Å². The van der Waals surface area contributed by atoms with Gasteiger partial charge in [0.15, 0.2) is 4.32 Å². The SMILES string of the molecule is N#CC1=C(c2ccc(Cl)cc2)NCC1(Br)C(=O)O. The second-order valence-corrected chi connectivity index (χ2v) is 5.62. The summed E-state index contributed by atoms with van der Waals surface area (Å²) in [5.41, 5.74) is 1.42. The Kier molecular flexibility index (Phi) is 3.33. The van der Waals surface area contributed by atoms with E-state index in [0.717, 1.165) is 5.56 Å². The second kappa shape index (κ2) is 4.63. The van der Waals surface area contributed by atoms with Gasteiger partial charge in [-0.3, -0.25) is 4.79 Å². The number of halogens is 2. The molecule has 0 radical (unpaired) electrons. The monoisotopic (exact) mass is 326 g/mol. The zero-order valence-corrected chi connectivity index (χ0v) is 11.4. The Morgan fingerprint density at radius 1 is 1.50 bits per heavy atom. The van der Waals surface area contributed by atoms with Crippen LogP contribution in [0.1, 0.15) is 5.56 Å². The van der Waals surface area contributed by atoms with Crippen molar-refractivity contribution in [2.24, 2.45) is 0 Å². The Morgan fingerprint density at radius 2 is 2.11 bits per heavy atom. The maximum absolute atomic E-state index is 11.2. The Bertz CT molecular complexity index is 577. The molecule has 1 unspecified atom stereocenters. The molecule has 1 aromatic rings. The normalized spacial score (nSPS) is 22.5. The van der Waals surface area contributed by atoms with E-state index in [2.05, 4.69) is 21.2 Å². The number of nitrogens with one attached hydrogen (secondary N) is 1. The van der Waals surface area contributed by atoms with E-state index in [4.69, 9.17) is 16.9 Å². The lowest BCUT2D eigenvalue weighted by Gasteiger charge is -2.14. The lowest BCUT2D eigenvalue weighted by Crippen LogP contribution is -2.37. The molecule has 4 nitrogen and oxygen atoms in total. The molecule has 1 aromatic carbocycles. The van der Waals surface area contributed by atoms with E-state index in [0.29, 0.717) is 10.7 Å². The minimum atomic E-state index is -1.36. The third-order valence-electron chi connectivity index (χ3n) is 2.74. The van der Waals surface area contributed by atoms with Gasteiger partial charge in [0, 0.05) is 11.6 Å². The summed E-state index contributed by atoms with van der Waals surface area (Å²) in [6.07, 6.45) is 0. The molecule has 1 heterocycles. The molecule has 2 N–H and O–H groups in total. The van der Waals surface area contributed by atoms with Crippen LogP contribution >= 0.6 is 27.5 Å². The highest BCUT2D eigenvalue weighted by molar-refractivity contribution is 9.10. The molecule has 1 atom stereocenters. The van der Waals surface area contributed by atoms with Crippen LogP contribution in [0.3, 0.4) is 0 Å². The molecule has 0 spiro atoms. The number of hydrogen-bond acceptors (Lipinski definition) is 3. The first kappa shape index (κ1) is 12.9. The first-order valence-electron chi connectivity index (χ1n) is 5.06. The number of benzene rings is 1. The highest BCUT2D eigenvalue weighted by Gasteiger charge is 2.46. The van der Waals surface area contributed by atoms with E-state index < -0.39 is 10.3 Å². The van der Waals surface area contributed by atoms with Crippen LogP contribution in [0.15, 0.2) is 29.8 Å². The van der Waals surface area contributed by atoms with Crippen LogP contribution in [-0.2, 0) is 4.79 Å². The molecule has 2 rings (SSSR count). The number of rotatable bonds is 2. The van der Waals surface area contributed by atoms with E-state index in [9.17, 15) is 9.90 Å². The van der Waals surface area contributed by atoms with Gasteiger partial charge in [-0.2, -0.15) is 5.26 Å². The Balaban J connectivity index is 2.53. The van der Waals surface area contributed by atoms with Gasteiger partial charge >= 0.3 is 5.97 Å². The molecule has 0 fully saturated rings. The van der Waals surface area contributed by atoms with Gasteiger partial charge in [-0.15, -0.1) is 0 Å². The average Bonchev–Trinajstić information content (AvgIpc) is 2.69. The Morgan fingerprint density at radius 3 is 2.61 bits per heavy atom. The number of carbonyl (C=O) groups is 1. The van der Waals surface area contributed by atoms with Gasteiger partial charge in [0.2, 0.25) is 0 Å². The standard InChI is InChI=1S/C12H8BrClN2O2/c13-12(11(17)18)6-16-10(9(12)5-15)7-1-3-8(14)4-2-7/h1-4,16H,6H2,(H,17,18). The van der Waals surface area contributed by atoms with Crippen molar-refractivity contribution >= 4 is 39.2 Å². The van der Waals surface area contributed by atoms with Crippen molar-refractivity contribution in [3.05, 3.63) is 40.4 Å². The quantitative estimate of drug-likeness (QED) is 0.818. The van der Waals surface area contributed by atoms with Crippen molar-refractivity contribution in [2.45, 2.75) is 4.32 Å². The zero-order chi connectivity index (χ0) is 13.3. The van der Waals surface area contributed by atoms with Gasteiger partial charge < -0.3 is 10.4 Å². The molecule has 18 heavy (non-hydrogen) atoms. The molecule has 0 saturated carbocycles. The smallest absolute Gasteiger partial charge is 0.327 e. The predicted molar refractivity (Wildman–Crippen MR) is 71.3 cm³/mol. The fourth-order valence-corrected chi connectivity index (χ4v) is 2.33. The van der Waals surface area contributed by atoms with Crippen LogP contribution in [0.5, 0.6) is 0 Å². The third-order valence-corrected chi connectivity index (χ3v) is 4.01. The largest absolute Gasteiger partial charge is 0.480 e. The van der Waals surface area contributed by atoms with Crippen LogP contribution in [0.25, 0.3) is 5.70 Å². The number of aliphatic carboxylic acids is 1. The van der Waals surface area contributed by atoms with Gasteiger partial charge in [0.25, 0.3) is 0 Å². The zero-order valence-electron chi connectivity index (χ0n) is 9.08. The first-order valence-corrected chi connectivity index (χ1v) is 6.23. The van der Waals surface area contributed by atoms with Gasteiger partial charge in [-0.25, -0.2) is 0 Å². The highest BCUT2D eigenvalue weighted by atomic mass is 79.9. The van der Waals surface area contributed by atoms with Gasteiger partial charge in [0.05, 0.1) is 17.3 Å². The van der Waals surface area contributed by atoms with Crippen LogP contribution in [-0.4, -0.2) is 21.9 Å². The Labute approximate surface area is 117 Å². The van der Waals surface area contributed by atoms with Crippen LogP contribution < -0.4 is 5.32 Å². The number of nitrogens with zero attached hydrogens (tertiary/aromatic N) is 1. The molecule has 0 aliphatic carbocycles. The summed E-state index contributed by atoms with van der Waals surface area (Å²) in [4.78, 5) is 11.2. The van der Waals surface area contributed by atoms with Gasteiger partial charge in [-0.1, -0.05) is 39.7 Å². The van der Waals surface area contributed by atoms with E-state index >= 15 is 0 Å². The molecule has 0 saturated heterocycles.